The first-order valence-corrected chi connectivity index (χ1v) is 7.90. The molecule has 0 aliphatic carbocycles. The normalized spacial score (nSPS) is 11.4. The molecule has 4 aromatic rings. The summed E-state index contributed by atoms with van der Waals surface area (Å²) in [6.07, 6.45) is 1.53. The molecule has 25 heavy (non-hydrogen) atoms. The van der Waals surface area contributed by atoms with Crippen molar-refractivity contribution in [3.63, 3.8) is 0 Å². The molecule has 0 bridgehead atoms. The molecule has 0 fully saturated rings. The van der Waals surface area contributed by atoms with Gasteiger partial charge in [-0.2, -0.15) is 9.78 Å². The second kappa shape index (κ2) is 6.20. The molecule has 2 aromatic carbocycles. The zero-order valence-electron chi connectivity index (χ0n) is 13.6. The lowest BCUT2D eigenvalue weighted by Gasteiger charge is -2.09. The Morgan fingerprint density at radius 2 is 1.76 bits per heavy atom. The van der Waals surface area contributed by atoms with Crippen LogP contribution in [-0.4, -0.2) is 15.9 Å². The van der Waals surface area contributed by atoms with Crippen LogP contribution in [0.1, 0.15) is 11.5 Å². The number of hydrogen-bond donors (Lipinski definition) is 0. The number of nitrogens with zero attached hydrogens (tertiary/aromatic N) is 3. The van der Waals surface area contributed by atoms with Gasteiger partial charge in [0, 0.05) is 5.56 Å². The van der Waals surface area contributed by atoms with Crippen molar-refractivity contribution in [3.8, 4) is 11.4 Å². The quantitative estimate of drug-likeness (QED) is 0.536. The Bertz CT molecular complexity index is 1120. The van der Waals surface area contributed by atoms with Crippen molar-refractivity contribution in [1.29, 1.82) is 0 Å². The van der Waals surface area contributed by atoms with Crippen molar-refractivity contribution in [2.45, 2.75) is 6.92 Å². The molecule has 0 unspecified atom stereocenters. The van der Waals surface area contributed by atoms with E-state index in [1.54, 1.807) is 12.1 Å². The van der Waals surface area contributed by atoms with Crippen LogP contribution in [0.25, 0.3) is 22.3 Å². The predicted molar refractivity (Wildman–Crippen MR) is 97.9 cm³/mol. The standard InChI is InChI=1S/C20H15N3O2/c1-14-11-12-16(25-14)13-21-23-19(15-7-3-2-4-8-15)22-18-10-6-5-9-17(18)20(23)24/h2-13H,1H3/b21-13+. The molecule has 0 saturated carbocycles. The number of benzene rings is 2. The third kappa shape index (κ3) is 2.87. The summed E-state index contributed by atoms with van der Waals surface area (Å²) in [6.45, 7) is 1.86. The fourth-order valence-electron chi connectivity index (χ4n) is 2.64. The summed E-state index contributed by atoms with van der Waals surface area (Å²) in [6, 6.07) is 20.4. The monoisotopic (exact) mass is 329 g/mol. The van der Waals surface area contributed by atoms with Crippen LogP contribution in [0.3, 0.4) is 0 Å². The summed E-state index contributed by atoms with van der Waals surface area (Å²) >= 11 is 0. The van der Waals surface area contributed by atoms with E-state index in [1.807, 2.05) is 61.5 Å². The molecule has 0 spiro atoms. The number of aromatic nitrogens is 2. The zero-order chi connectivity index (χ0) is 17.2. The Kier molecular flexibility index (Phi) is 3.74. The lowest BCUT2D eigenvalue weighted by Crippen LogP contribution is -2.20. The number of para-hydroxylation sites is 1. The Labute approximate surface area is 143 Å². The van der Waals surface area contributed by atoms with Gasteiger partial charge in [0.15, 0.2) is 5.82 Å². The Morgan fingerprint density at radius 3 is 2.52 bits per heavy atom. The predicted octanol–water partition coefficient (Wildman–Crippen LogP) is 3.85. The molecule has 2 aromatic heterocycles. The fraction of sp³-hybridized carbons (Fsp3) is 0.0500. The van der Waals surface area contributed by atoms with E-state index >= 15 is 0 Å². The summed E-state index contributed by atoms with van der Waals surface area (Å²) in [5, 5.41) is 4.86. The van der Waals surface area contributed by atoms with Gasteiger partial charge in [-0.25, -0.2) is 4.98 Å². The van der Waals surface area contributed by atoms with Crippen LogP contribution in [0.15, 0.2) is 81.0 Å². The minimum atomic E-state index is -0.219. The molecular weight excluding hydrogens is 314 g/mol. The highest BCUT2D eigenvalue weighted by Gasteiger charge is 2.12. The van der Waals surface area contributed by atoms with E-state index in [0.717, 1.165) is 11.3 Å². The highest BCUT2D eigenvalue weighted by molar-refractivity contribution is 5.80. The minimum Gasteiger partial charge on any atom is -0.460 e. The van der Waals surface area contributed by atoms with Crippen LogP contribution in [-0.2, 0) is 0 Å². The van der Waals surface area contributed by atoms with Crippen LogP contribution >= 0.6 is 0 Å². The van der Waals surface area contributed by atoms with Gasteiger partial charge in [-0.05, 0) is 31.2 Å². The molecule has 0 N–H and O–H groups in total. The van der Waals surface area contributed by atoms with Crippen molar-refractivity contribution in [3.05, 3.63) is 88.6 Å². The topological polar surface area (TPSA) is 60.4 Å². The summed E-state index contributed by atoms with van der Waals surface area (Å²) in [7, 11) is 0. The third-order valence-corrected chi connectivity index (χ3v) is 3.85. The average molecular weight is 329 g/mol. The number of hydrogen-bond acceptors (Lipinski definition) is 4. The van der Waals surface area contributed by atoms with E-state index in [4.69, 9.17) is 4.42 Å². The first-order valence-electron chi connectivity index (χ1n) is 7.90. The number of furan rings is 1. The van der Waals surface area contributed by atoms with Crippen LogP contribution < -0.4 is 5.56 Å². The van der Waals surface area contributed by atoms with Gasteiger partial charge in [-0.1, -0.05) is 42.5 Å². The molecule has 0 atom stereocenters. The SMILES string of the molecule is Cc1ccc(/C=N/n2c(-c3ccccc3)nc3ccccc3c2=O)o1. The maximum atomic E-state index is 12.9. The number of rotatable bonds is 3. The van der Waals surface area contributed by atoms with E-state index in [9.17, 15) is 4.79 Å². The summed E-state index contributed by atoms with van der Waals surface area (Å²) in [4.78, 5) is 17.6. The lowest BCUT2D eigenvalue weighted by atomic mass is 10.2. The van der Waals surface area contributed by atoms with E-state index in [0.29, 0.717) is 22.5 Å². The van der Waals surface area contributed by atoms with Gasteiger partial charge >= 0.3 is 0 Å². The van der Waals surface area contributed by atoms with Crippen molar-refractivity contribution in [1.82, 2.24) is 9.66 Å². The van der Waals surface area contributed by atoms with Crippen LogP contribution in [0, 0.1) is 6.92 Å². The average Bonchev–Trinajstić information content (AvgIpc) is 3.07. The van der Waals surface area contributed by atoms with Crippen LogP contribution in [0.4, 0.5) is 0 Å². The molecule has 0 radical (unpaired) electrons. The Hall–Kier alpha value is -3.47. The molecule has 0 aliphatic heterocycles. The molecule has 122 valence electrons. The molecular formula is C20H15N3O2. The molecule has 0 amide bonds. The zero-order valence-corrected chi connectivity index (χ0v) is 13.6. The van der Waals surface area contributed by atoms with E-state index < -0.39 is 0 Å². The Morgan fingerprint density at radius 1 is 1.00 bits per heavy atom. The fourth-order valence-corrected chi connectivity index (χ4v) is 2.64. The minimum absolute atomic E-state index is 0.219. The first kappa shape index (κ1) is 15.1. The van der Waals surface area contributed by atoms with Gasteiger partial charge < -0.3 is 4.42 Å². The lowest BCUT2D eigenvalue weighted by molar-refractivity contribution is 0.527. The smallest absolute Gasteiger partial charge is 0.282 e. The summed E-state index contributed by atoms with van der Waals surface area (Å²) < 4.78 is 6.81. The number of aryl methyl sites for hydroxylation is 1. The largest absolute Gasteiger partial charge is 0.460 e. The van der Waals surface area contributed by atoms with Crippen molar-refractivity contribution < 1.29 is 4.42 Å². The van der Waals surface area contributed by atoms with Crippen molar-refractivity contribution in [2.75, 3.05) is 0 Å². The van der Waals surface area contributed by atoms with Gasteiger partial charge in [-0.15, -0.1) is 0 Å². The van der Waals surface area contributed by atoms with Gasteiger partial charge in [0.1, 0.15) is 11.5 Å². The highest BCUT2D eigenvalue weighted by Crippen LogP contribution is 2.18. The van der Waals surface area contributed by atoms with E-state index in [2.05, 4.69) is 10.1 Å². The molecule has 0 saturated heterocycles. The Balaban J connectivity index is 1.95. The third-order valence-electron chi connectivity index (χ3n) is 3.85. The second-order valence-electron chi connectivity index (χ2n) is 5.63. The molecule has 2 heterocycles. The van der Waals surface area contributed by atoms with Crippen LogP contribution in [0.5, 0.6) is 0 Å². The molecule has 5 heteroatoms. The van der Waals surface area contributed by atoms with Crippen molar-refractivity contribution in [2.24, 2.45) is 5.10 Å². The van der Waals surface area contributed by atoms with Gasteiger partial charge in [-0.3, -0.25) is 4.79 Å². The summed E-state index contributed by atoms with van der Waals surface area (Å²) in [5.74, 6) is 1.86. The van der Waals surface area contributed by atoms with Gasteiger partial charge in [0.2, 0.25) is 0 Å². The molecule has 4 rings (SSSR count). The van der Waals surface area contributed by atoms with E-state index in [-0.39, 0.29) is 5.56 Å². The summed E-state index contributed by atoms with van der Waals surface area (Å²) in [5.41, 5.74) is 1.24. The van der Waals surface area contributed by atoms with Gasteiger partial charge in [0.05, 0.1) is 17.1 Å². The number of fused-ring (bicyclic) bond motifs is 1. The van der Waals surface area contributed by atoms with Crippen LogP contribution in [0.2, 0.25) is 0 Å². The second-order valence-corrected chi connectivity index (χ2v) is 5.63. The maximum absolute atomic E-state index is 12.9. The van der Waals surface area contributed by atoms with Gasteiger partial charge in [0.25, 0.3) is 5.56 Å². The molecule has 5 nitrogen and oxygen atoms in total. The van der Waals surface area contributed by atoms with E-state index in [1.165, 1.54) is 10.9 Å². The highest BCUT2D eigenvalue weighted by atomic mass is 16.3. The molecule has 0 aliphatic rings. The maximum Gasteiger partial charge on any atom is 0.282 e. The van der Waals surface area contributed by atoms with Crippen molar-refractivity contribution >= 4 is 17.1 Å². The first-order chi connectivity index (χ1) is 12.2.